The summed E-state index contributed by atoms with van der Waals surface area (Å²) in [6, 6.07) is 8.42. The van der Waals surface area contributed by atoms with Gasteiger partial charge < -0.3 is 14.8 Å². The molecule has 3 aliphatic rings. The van der Waals surface area contributed by atoms with Crippen LogP contribution in [0.5, 0.6) is 5.75 Å². The third-order valence-corrected chi connectivity index (χ3v) is 9.01. The molecule has 1 saturated heterocycles. The summed E-state index contributed by atoms with van der Waals surface area (Å²) in [6.45, 7) is 2.97. The lowest BCUT2D eigenvalue weighted by Crippen LogP contribution is -2.44. The van der Waals surface area contributed by atoms with E-state index in [4.69, 9.17) is 9.47 Å². The predicted octanol–water partition coefficient (Wildman–Crippen LogP) is 6.94. The maximum absolute atomic E-state index is 12.3. The maximum atomic E-state index is 12.3. The first-order valence-corrected chi connectivity index (χ1v) is 14.5. The molecule has 5 nitrogen and oxygen atoms in total. The van der Waals surface area contributed by atoms with Crippen LogP contribution in [0.15, 0.2) is 24.3 Å². The number of ether oxygens (including phenoxy) is 2. The van der Waals surface area contributed by atoms with E-state index < -0.39 is 0 Å². The summed E-state index contributed by atoms with van der Waals surface area (Å²) in [4.78, 5) is 14.9. The molecule has 0 aromatic heterocycles. The fourth-order valence-electron chi connectivity index (χ4n) is 7.05. The van der Waals surface area contributed by atoms with Crippen molar-refractivity contribution in [3.05, 3.63) is 29.8 Å². The smallest absolute Gasteiger partial charge is 0.407 e. The summed E-state index contributed by atoms with van der Waals surface area (Å²) in [5, 5.41) is 2.88. The lowest BCUT2D eigenvalue weighted by molar-refractivity contribution is 0.0535. The van der Waals surface area contributed by atoms with Crippen molar-refractivity contribution in [2.45, 2.75) is 102 Å². The molecule has 1 aromatic rings. The highest BCUT2D eigenvalue weighted by atomic mass is 16.5. The van der Waals surface area contributed by atoms with Crippen molar-refractivity contribution in [1.29, 1.82) is 0 Å². The van der Waals surface area contributed by atoms with Crippen LogP contribution in [0.25, 0.3) is 0 Å². The molecular formula is C30H48N2O3. The molecule has 1 atom stereocenters. The number of benzene rings is 1. The quantitative estimate of drug-likeness (QED) is 0.391. The van der Waals surface area contributed by atoms with Crippen molar-refractivity contribution in [3.63, 3.8) is 0 Å². The van der Waals surface area contributed by atoms with Crippen molar-refractivity contribution >= 4 is 6.09 Å². The first-order chi connectivity index (χ1) is 17.2. The number of amides is 1. The highest BCUT2D eigenvalue weighted by molar-refractivity contribution is 5.67. The molecule has 2 saturated carbocycles. The Hall–Kier alpha value is -1.75. The van der Waals surface area contributed by atoms with Crippen molar-refractivity contribution in [3.8, 4) is 5.75 Å². The molecule has 4 rings (SSSR count). The van der Waals surface area contributed by atoms with E-state index in [1.54, 1.807) is 7.11 Å². The van der Waals surface area contributed by atoms with Crippen LogP contribution in [0.3, 0.4) is 0 Å². The Morgan fingerprint density at radius 2 is 1.54 bits per heavy atom. The summed E-state index contributed by atoms with van der Waals surface area (Å²) in [5.41, 5.74) is 1.04. The molecule has 35 heavy (non-hydrogen) atoms. The second kappa shape index (κ2) is 14.1. The van der Waals surface area contributed by atoms with Crippen LogP contribution in [-0.4, -0.2) is 43.8 Å². The second-order valence-corrected chi connectivity index (χ2v) is 11.2. The fourth-order valence-corrected chi connectivity index (χ4v) is 7.05. The van der Waals surface area contributed by atoms with Gasteiger partial charge in [0.25, 0.3) is 0 Å². The minimum absolute atomic E-state index is 0.323. The van der Waals surface area contributed by atoms with Gasteiger partial charge in [0.2, 0.25) is 0 Å². The SMILES string of the molecule is COc1ccc(CNC(=O)OCCN2CCCCC2CC(C2CCCCC2)C2CCCCC2)cc1. The minimum Gasteiger partial charge on any atom is -0.497 e. The molecule has 0 bridgehead atoms. The Labute approximate surface area is 213 Å². The van der Waals surface area contributed by atoms with E-state index in [-0.39, 0.29) is 6.09 Å². The van der Waals surface area contributed by atoms with Crippen molar-refractivity contribution in [2.24, 2.45) is 17.8 Å². The normalized spacial score (nSPS) is 22.7. The molecule has 1 unspecified atom stereocenters. The molecule has 5 heteroatoms. The molecule has 1 N–H and O–H groups in total. The number of hydrogen-bond donors (Lipinski definition) is 1. The Morgan fingerprint density at radius 1 is 0.914 bits per heavy atom. The van der Waals surface area contributed by atoms with Gasteiger partial charge in [0.05, 0.1) is 7.11 Å². The molecule has 1 aromatic carbocycles. The van der Waals surface area contributed by atoms with Crippen molar-refractivity contribution in [2.75, 3.05) is 26.8 Å². The average Bonchev–Trinajstić information content (AvgIpc) is 2.92. The summed E-state index contributed by atoms with van der Waals surface area (Å²) in [5.74, 6) is 3.64. The molecule has 1 amide bonds. The van der Waals surface area contributed by atoms with E-state index in [2.05, 4.69) is 10.2 Å². The zero-order chi connectivity index (χ0) is 24.3. The van der Waals surface area contributed by atoms with Gasteiger partial charge >= 0.3 is 6.09 Å². The van der Waals surface area contributed by atoms with Crippen LogP contribution >= 0.6 is 0 Å². The molecule has 1 aliphatic heterocycles. The van der Waals surface area contributed by atoms with Gasteiger partial charge in [-0.2, -0.15) is 0 Å². The number of hydrogen-bond acceptors (Lipinski definition) is 4. The Kier molecular flexibility index (Phi) is 10.6. The number of alkyl carbamates (subject to hydrolysis) is 1. The molecule has 0 radical (unpaired) electrons. The largest absolute Gasteiger partial charge is 0.497 e. The Bertz CT molecular complexity index is 722. The van der Waals surface area contributed by atoms with Gasteiger partial charge in [0.15, 0.2) is 0 Å². The highest BCUT2D eigenvalue weighted by Crippen LogP contribution is 2.43. The van der Waals surface area contributed by atoms with Gasteiger partial charge in [-0.25, -0.2) is 4.79 Å². The van der Waals surface area contributed by atoms with Crippen LogP contribution < -0.4 is 10.1 Å². The van der Waals surface area contributed by atoms with E-state index in [1.807, 2.05) is 24.3 Å². The topological polar surface area (TPSA) is 50.8 Å². The fraction of sp³-hybridized carbons (Fsp3) is 0.767. The predicted molar refractivity (Wildman–Crippen MR) is 142 cm³/mol. The lowest BCUT2D eigenvalue weighted by Gasteiger charge is -2.43. The number of carbonyl (C=O) groups is 1. The summed E-state index contributed by atoms with van der Waals surface area (Å²) >= 11 is 0. The van der Waals surface area contributed by atoms with Gasteiger partial charge in [-0.15, -0.1) is 0 Å². The van der Waals surface area contributed by atoms with Crippen molar-refractivity contribution in [1.82, 2.24) is 10.2 Å². The van der Waals surface area contributed by atoms with Gasteiger partial charge in [-0.1, -0.05) is 82.8 Å². The van der Waals surface area contributed by atoms with Gasteiger partial charge in [0, 0.05) is 19.1 Å². The number of rotatable bonds is 10. The Balaban J connectivity index is 1.25. The van der Waals surface area contributed by atoms with E-state index in [9.17, 15) is 4.79 Å². The number of nitrogens with zero attached hydrogens (tertiary/aromatic N) is 1. The van der Waals surface area contributed by atoms with Crippen LogP contribution in [0.4, 0.5) is 4.79 Å². The third-order valence-electron chi connectivity index (χ3n) is 9.01. The van der Waals surface area contributed by atoms with Gasteiger partial charge in [-0.3, -0.25) is 4.90 Å². The van der Waals surface area contributed by atoms with Crippen LogP contribution in [0.1, 0.15) is 95.5 Å². The van der Waals surface area contributed by atoms with Gasteiger partial charge in [-0.05, 0) is 61.3 Å². The van der Waals surface area contributed by atoms with Crippen LogP contribution in [0.2, 0.25) is 0 Å². The molecule has 0 spiro atoms. The van der Waals surface area contributed by atoms with E-state index in [0.717, 1.165) is 42.2 Å². The number of likely N-dealkylation sites (tertiary alicyclic amines) is 1. The second-order valence-electron chi connectivity index (χ2n) is 11.2. The summed E-state index contributed by atoms with van der Waals surface area (Å²) in [6.07, 6.45) is 19.5. The first-order valence-electron chi connectivity index (χ1n) is 14.5. The number of nitrogens with one attached hydrogen (secondary N) is 1. The van der Waals surface area contributed by atoms with Crippen molar-refractivity contribution < 1.29 is 14.3 Å². The standard InChI is InChI=1S/C30H48N2O3/c1-34-28-17-15-24(16-18-28)23-31-30(33)35-21-20-32-19-9-8-14-27(32)22-29(25-10-4-2-5-11-25)26-12-6-3-7-13-26/h15-18,25-27,29H,2-14,19-23H2,1H3,(H,31,33). The number of carbonyl (C=O) groups excluding carboxylic acids is 1. The minimum atomic E-state index is -0.323. The van der Waals surface area contributed by atoms with E-state index in [0.29, 0.717) is 19.2 Å². The van der Waals surface area contributed by atoms with Crippen LogP contribution in [0, 0.1) is 17.8 Å². The number of methoxy groups -OCH3 is 1. The monoisotopic (exact) mass is 484 g/mol. The zero-order valence-electron chi connectivity index (χ0n) is 22.0. The number of piperidine rings is 1. The molecule has 1 heterocycles. The van der Waals surface area contributed by atoms with Gasteiger partial charge in [0.1, 0.15) is 12.4 Å². The average molecular weight is 485 g/mol. The van der Waals surface area contributed by atoms with E-state index in [1.165, 1.54) is 89.9 Å². The first kappa shape index (κ1) is 26.3. The zero-order valence-corrected chi connectivity index (χ0v) is 22.0. The molecular weight excluding hydrogens is 436 g/mol. The highest BCUT2D eigenvalue weighted by Gasteiger charge is 2.35. The third kappa shape index (κ3) is 8.13. The Morgan fingerprint density at radius 3 is 2.17 bits per heavy atom. The maximum Gasteiger partial charge on any atom is 0.407 e. The molecule has 3 fully saturated rings. The van der Waals surface area contributed by atoms with E-state index >= 15 is 0 Å². The van der Waals surface area contributed by atoms with Crippen LogP contribution in [-0.2, 0) is 11.3 Å². The molecule has 2 aliphatic carbocycles. The summed E-state index contributed by atoms with van der Waals surface area (Å²) < 4.78 is 10.8. The summed E-state index contributed by atoms with van der Waals surface area (Å²) in [7, 11) is 1.66. The lowest BCUT2D eigenvalue weighted by atomic mass is 9.67. The molecule has 196 valence electrons.